The van der Waals surface area contributed by atoms with E-state index in [2.05, 4.69) is 48.3 Å². The first kappa shape index (κ1) is 19.7. The molecular formula is C20H33N3O2. The van der Waals surface area contributed by atoms with Crippen LogP contribution in [0, 0.1) is 5.41 Å². The van der Waals surface area contributed by atoms with Crippen LogP contribution in [0.2, 0.25) is 0 Å². The lowest BCUT2D eigenvalue weighted by molar-refractivity contribution is 0.0697. The summed E-state index contributed by atoms with van der Waals surface area (Å²) in [6.07, 6.45) is 2.74. The van der Waals surface area contributed by atoms with Gasteiger partial charge in [-0.15, -0.1) is 0 Å². The molecule has 1 heterocycles. The van der Waals surface area contributed by atoms with Crippen molar-refractivity contribution in [2.24, 2.45) is 5.41 Å². The van der Waals surface area contributed by atoms with Crippen LogP contribution in [0.3, 0.4) is 0 Å². The Hall–Kier alpha value is -1.59. The third-order valence-electron chi connectivity index (χ3n) is 5.48. The molecule has 1 unspecified atom stereocenters. The van der Waals surface area contributed by atoms with Crippen molar-refractivity contribution in [2.45, 2.75) is 39.2 Å². The van der Waals surface area contributed by atoms with Gasteiger partial charge in [0.05, 0.1) is 6.04 Å². The van der Waals surface area contributed by atoms with Crippen molar-refractivity contribution < 1.29 is 9.90 Å². The first-order valence-corrected chi connectivity index (χ1v) is 9.27. The fourth-order valence-corrected chi connectivity index (χ4v) is 3.28. The van der Waals surface area contributed by atoms with Gasteiger partial charge >= 0.3 is 6.03 Å². The van der Waals surface area contributed by atoms with Gasteiger partial charge in [-0.3, -0.25) is 0 Å². The Morgan fingerprint density at radius 1 is 1.28 bits per heavy atom. The largest absolute Gasteiger partial charge is 0.396 e. The molecule has 1 atom stereocenters. The molecule has 1 aromatic rings. The standard InChI is InChI=1S/C20H33N3O2/c1-5-16-6-8-17(9-7-16)18(22(3)4)14-21-19(25)23-12-10-20(2,15-24)11-13-23/h6-9,18,24H,5,10-15H2,1-4H3,(H,21,25). The highest BCUT2D eigenvalue weighted by Gasteiger charge is 2.31. The van der Waals surface area contributed by atoms with E-state index >= 15 is 0 Å². The van der Waals surface area contributed by atoms with E-state index in [4.69, 9.17) is 0 Å². The summed E-state index contributed by atoms with van der Waals surface area (Å²) in [5, 5.41) is 12.5. The maximum absolute atomic E-state index is 12.5. The number of aliphatic hydroxyl groups is 1. The van der Waals surface area contributed by atoms with Crippen molar-refractivity contribution in [1.82, 2.24) is 15.1 Å². The van der Waals surface area contributed by atoms with Gasteiger partial charge in [-0.05, 0) is 49.9 Å². The van der Waals surface area contributed by atoms with Gasteiger partial charge in [0.1, 0.15) is 0 Å². The Morgan fingerprint density at radius 3 is 2.36 bits per heavy atom. The van der Waals surface area contributed by atoms with Crippen LogP contribution in [0.25, 0.3) is 0 Å². The topological polar surface area (TPSA) is 55.8 Å². The molecule has 0 spiro atoms. The second kappa shape index (κ2) is 8.68. The summed E-state index contributed by atoms with van der Waals surface area (Å²) in [6.45, 7) is 6.44. The van der Waals surface area contributed by atoms with Crippen molar-refractivity contribution >= 4 is 6.03 Å². The Morgan fingerprint density at radius 2 is 1.88 bits per heavy atom. The molecular weight excluding hydrogens is 314 g/mol. The third-order valence-corrected chi connectivity index (χ3v) is 5.48. The molecule has 140 valence electrons. The van der Waals surface area contributed by atoms with Crippen LogP contribution in [0.15, 0.2) is 24.3 Å². The molecule has 2 N–H and O–H groups in total. The number of nitrogens with one attached hydrogen (secondary N) is 1. The van der Waals surface area contributed by atoms with Crippen LogP contribution in [-0.4, -0.2) is 61.3 Å². The lowest BCUT2D eigenvalue weighted by atomic mass is 9.81. The monoisotopic (exact) mass is 347 g/mol. The highest BCUT2D eigenvalue weighted by molar-refractivity contribution is 5.74. The number of urea groups is 1. The Bertz CT molecular complexity index is 549. The van der Waals surface area contributed by atoms with E-state index in [1.807, 2.05) is 19.0 Å². The zero-order chi connectivity index (χ0) is 18.4. The molecule has 2 amide bonds. The molecule has 1 fully saturated rings. The normalized spacial score (nSPS) is 18.2. The number of aryl methyl sites for hydroxylation is 1. The van der Waals surface area contributed by atoms with E-state index in [1.54, 1.807) is 0 Å². The Labute approximate surface area is 152 Å². The van der Waals surface area contributed by atoms with Gasteiger partial charge in [0.2, 0.25) is 0 Å². The molecule has 1 saturated heterocycles. The Kier molecular flexibility index (Phi) is 6.85. The first-order valence-electron chi connectivity index (χ1n) is 9.27. The maximum atomic E-state index is 12.5. The van der Waals surface area contributed by atoms with E-state index < -0.39 is 0 Å². The molecule has 0 radical (unpaired) electrons. The molecule has 0 saturated carbocycles. The number of hydrogen-bond acceptors (Lipinski definition) is 3. The van der Waals surface area contributed by atoms with E-state index in [1.165, 1.54) is 11.1 Å². The summed E-state index contributed by atoms with van der Waals surface area (Å²) >= 11 is 0. The molecule has 1 aliphatic rings. The number of carbonyl (C=O) groups is 1. The molecule has 2 rings (SSSR count). The number of likely N-dealkylation sites (N-methyl/N-ethyl adjacent to an activating group) is 1. The lowest BCUT2D eigenvalue weighted by Gasteiger charge is -2.38. The minimum Gasteiger partial charge on any atom is -0.396 e. The number of nitrogens with zero attached hydrogens (tertiary/aromatic N) is 2. The van der Waals surface area contributed by atoms with Gasteiger partial charge in [0.25, 0.3) is 0 Å². The van der Waals surface area contributed by atoms with Gasteiger partial charge < -0.3 is 20.2 Å². The SMILES string of the molecule is CCc1ccc(C(CNC(=O)N2CCC(C)(CO)CC2)N(C)C)cc1. The van der Waals surface area contributed by atoms with Crippen LogP contribution in [0.1, 0.15) is 43.9 Å². The number of benzene rings is 1. The van der Waals surface area contributed by atoms with E-state index in [0.717, 1.165) is 19.3 Å². The van der Waals surface area contributed by atoms with Crippen molar-refractivity contribution in [3.05, 3.63) is 35.4 Å². The third kappa shape index (κ3) is 5.19. The van der Waals surface area contributed by atoms with Crippen molar-refractivity contribution in [3.63, 3.8) is 0 Å². The summed E-state index contributed by atoms with van der Waals surface area (Å²) in [6, 6.07) is 8.79. The molecule has 0 aliphatic carbocycles. The van der Waals surface area contributed by atoms with Crippen LogP contribution in [-0.2, 0) is 6.42 Å². The summed E-state index contributed by atoms with van der Waals surface area (Å²) in [5.74, 6) is 0. The van der Waals surface area contributed by atoms with Gasteiger partial charge in [0, 0.05) is 26.2 Å². The number of amides is 2. The van der Waals surface area contributed by atoms with Crippen LogP contribution >= 0.6 is 0 Å². The second-order valence-electron chi connectivity index (χ2n) is 7.72. The maximum Gasteiger partial charge on any atom is 0.317 e. The van der Waals surface area contributed by atoms with Gasteiger partial charge in [-0.25, -0.2) is 4.79 Å². The number of rotatable bonds is 6. The quantitative estimate of drug-likeness (QED) is 0.832. The van der Waals surface area contributed by atoms with E-state index in [9.17, 15) is 9.90 Å². The van der Waals surface area contributed by atoms with Gasteiger partial charge in [-0.1, -0.05) is 38.1 Å². The summed E-state index contributed by atoms with van der Waals surface area (Å²) in [7, 11) is 4.08. The molecule has 5 heteroatoms. The zero-order valence-corrected chi connectivity index (χ0v) is 16.1. The van der Waals surface area contributed by atoms with Crippen molar-refractivity contribution in [1.29, 1.82) is 0 Å². The minimum absolute atomic E-state index is 0.00276. The number of hydrogen-bond donors (Lipinski definition) is 2. The predicted molar refractivity (Wildman–Crippen MR) is 102 cm³/mol. The number of carbonyl (C=O) groups excluding carboxylic acids is 1. The molecule has 25 heavy (non-hydrogen) atoms. The Balaban J connectivity index is 1.91. The fraction of sp³-hybridized carbons (Fsp3) is 0.650. The summed E-state index contributed by atoms with van der Waals surface area (Å²) in [4.78, 5) is 16.5. The molecule has 5 nitrogen and oxygen atoms in total. The fourth-order valence-electron chi connectivity index (χ4n) is 3.28. The van der Waals surface area contributed by atoms with Gasteiger partial charge in [-0.2, -0.15) is 0 Å². The zero-order valence-electron chi connectivity index (χ0n) is 16.1. The first-order chi connectivity index (χ1) is 11.9. The minimum atomic E-state index is -0.0377. The highest BCUT2D eigenvalue weighted by atomic mass is 16.3. The van der Waals surface area contributed by atoms with Crippen LogP contribution < -0.4 is 5.32 Å². The number of piperidine rings is 1. The number of likely N-dealkylation sites (tertiary alicyclic amines) is 1. The van der Waals surface area contributed by atoms with Crippen molar-refractivity contribution in [3.8, 4) is 0 Å². The molecule has 1 aromatic carbocycles. The second-order valence-corrected chi connectivity index (χ2v) is 7.72. The summed E-state index contributed by atoms with van der Waals surface area (Å²) < 4.78 is 0. The lowest BCUT2D eigenvalue weighted by Crippen LogP contribution is -2.48. The molecule has 0 aromatic heterocycles. The summed E-state index contributed by atoms with van der Waals surface area (Å²) in [5.41, 5.74) is 2.50. The smallest absolute Gasteiger partial charge is 0.317 e. The highest BCUT2D eigenvalue weighted by Crippen LogP contribution is 2.30. The average molecular weight is 348 g/mol. The van der Waals surface area contributed by atoms with E-state index in [-0.39, 0.29) is 24.1 Å². The molecule has 0 bridgehead atoms. The van der Waals surface area contributed by atoms with E-state index in [0.29, 0.717) is 19.6 Å². The van der Waals surface area contributed by atoms with Crippen LogP contribution in [0.4, 0.5) is 4.79 Å². The predicted octanol–water partition coefficient (Wildman–Crippen LogP) is 2.66. The average Bonchev–Trinajstić information content (AvgIpc) is 2.62. The molecule has 1 aliphatic heterocycles. The number of aliphatic hydroxyl groups excluding tert-OH is 1. The van der Waals surface area contributed by atoms with Crippen molar-refractivity contribution in [2.75, 3.05) is 40.3 Å². The van der Waals surface area contributed by atoms with Crippen LogP contribution in [0.5, 0.6) is 0 Å². The van der Waals surface area contributed by atoms with Gasteiger partial charge in [0.15, 0.2) is 0 Å².